The highest BCUT2D eigenvalue weighted by molar-refractivity contribution is 6.02. The van der Waals surface area contributed by atoms with Crippen LogP contribution < -0.4 is 5.32 Å². The Bertz CT molecular complexity index is 911. The highest BCUT2D eigenvalue weighted by Gasteiger charge is 2.16. The topological polar surface area (TPSA) is 59.8 Å². The number of hydrogen-bond donors (Lipinski definition) is 1. The molecule has 25 heavy (non-hydrogen) atoms. The van der Waals surface area contributed by atoms with Crippen LogP contribution in [0.15, 0.2) is 24.3 Å². The number of amides is 1. The largest absolute Gasteiger partial charge is 0.309 e. The van der Waals surface area contributed by atoms with Crippen molar-refractivity contribution in [2.75, 3.05) is 5.32 Å². The Hall–Kier alpha value is -2.43. The van der Waals surface area contributed by atoms with Crippen LogP contribution in [0.5, 0.6) is 0 Å². The Morgan fingerprint density at radius 2 is 2.08 bits per heavy atom. The van der Waals surface area contributed by atoms with E-state index in [-0.39, 0.29) is 5.91 Å². The number of rotatable bonds is 6. The molecule has 0 saturated heterocycles. The van der Waals surface area contributed by atoms with Gasteiger partial charge in [-0.25, -0.2) is 9.67 Å². The summed E-state index contributed by atoms with van der Waals surface area (Å²) in [6, 6.07) is 8.31. The average molecular weight is 338 g/mol. The first-order valence-electron chi connectivity index (χ1n) is 9.05. The number of pyridine rings is 1. The fourth-order valence-corrected chi connectivity index (χ4v) is 2.99. The number of fused-ring (bicyclic) bond motifs is 2. The summed E-state index contributed by atoms with van der Waals surface area (Å²) in [5, 5.41) is 9.60. The van der Waals surface area contributed by atoms with Crippen LogP contribution in [-0.4, -0.2) is 20.7 Å². The first-order valence-corrected chi connectivity index (χ1v) is 9.05. The number of unbranched alkanes of at least 4 members (excludes halogenated alkanes) is 1. The number of carbonyl (C=O) groups is 1. The number of carbonyl (C=O) groups excluding carboxylic acids is 1. The van der Waals surface area contributed by atoms with E-state index in [1.54, 1.807) is 0 Å². The van der Waals surface area contributed by atoms with Gasteiger partial charge < -0.3 is 5.32 Å². The van der Waals surface area contributed by atoms with Crippen molar-refractivity contribution in [3.63, 3.8) is 0 Å². The summed E-state index contributed by atoms with van der Waals surface area (Å²) in [5.41, 5.74) is 2.98. The minimum Gasteiger partial charge on any atom is -0.309 e. The zero-order valence-electron chi connectivity index (χ0n) is 15.5. The number of anilines is 1. The van der Waals surface area contributed by atoms with Gasteiger partial charge in [0.25, 0.3) is 0 Å². The second-order valence-electron chi connectivity index (χ2n) is 7.13. The number of hydrogen-bond acceptors (Lipinski definition) is 3. The molecule has 0 aliphatic heterocycles. The van der Waals surface area contributed by atoms with Crippen LogP contribution in [0, 0.1) is 12.8 Å². The van der Waals surface area contributed by atoms with E-state index in [1.807, 2.05) is 24.6 Å². The Labute approximate surface area is 148 Å². The minimum atomic E-state index is 0.00128. The smallest absolute Gasteiger partial charge is 0.225 e. The molecule has 5 nitrogen and oxygen atoms in total. The highest BCUT2D eigenvalue weighted by atomic mass is 16.1. The van der Waals surface area contributed by atoms with Gasteiger partial charge in [-0.1, -0.05) is 38.8 Å². The van der Waals surface area contributed by atoms with E-state index >= 15 is 0 Å². The molecule has 0 aliphatic rings. The fraction of sp³-hybridized carbons (Fsp3) is 0.450. The molecule has 0 spiro atoms. The van der Waals surface area contributed by atoms with Crippen molar-refractivity contribution in [1.29, 1.82) is 0 Å². The third kappa shape index (κ3) is 3.81. The van der Waals surface area contributed by atoms with Crippen molar-refractivity contribution < 1.29 is 4.79 Å². The molecular weight excluding hydrogens is 312 g/mol. The van der Waals surface area contributed by atoms with E-state index in [4.69, 9.17) is 4.98 Å². The maximum absolute atomic E-state index is 12.2. The molecule has 1 amide bonds. The summed E-state index contributed by atoms with van der Waals surface area (Å²) >= 11 is 0. The first-order chi connectivity index (χ1) is 12.0. The Kier molecular flexibility index (Phi) is 5.02. The average Bonchev–Trinajstić information content (AvgIpc) is 2.87. The summed E-state index contributed by atoms with van der Waals surface area (Å²) in [7, 11) is 0. The van der Waals surface area contributed by atoms with Crippen molar-refractivity contribution in [1.82, 2.24) is 14.8 Å². The second-order valence-corrected chi connectivity index (χ2v) is 7.13. The summed E-state index contributed by atoms with van der Waals surface area (Å²) in [5.74, 6) is 0.934. The third-order valence-electron chi connectivity index (χ3n) is 4.25. The van der Waals surface area contributed by atoms with Crippen LogP contribution in [-0.2, 0) is 11.3 Å². The standard InChI is InChI=1S/C20H26N4O/c1-5-6-9-24-20-16(19(23-24)22-18(25)10-13(2)3)12-15-11-14(4)7-8-17(15)21-20/h7-8,11-13H,5-6,9-10H2,1-4H3,(H,22,23,25). The SMILES string of the molecule is CCCCn1nc(NC(=O)CC(C)C)c2cc3cc(C)ccc3nc21. The van der Waals surface area contributed by atoms with E-state index in [0.717, 1.165) is 41.3 Å². The molecule has 1 N–H and O–H groups in total. The molecule has 5 heteroatoms. The van der Waals surface area contributed by atoms with Crippen molar-refractivity contribution in [2.45, 2.75) is 53.5 Å². The number of aromatic nitrogens is 3. The minimum absolute atomic E-state index is 0.00128. The second kappa shape index (κ2) is 7.21. The maximum atomic E-state index is 12.2. The molecule has 0 unspecified atom stereocenters. The summed E-state index contributed by atoms with van der Waals surface area (Å²) in [6.07, 6.45) is 2.61. The first kappa shape index (κ1) is 17.4. The predicted octanol–water partition coefficient (Wildman–Crippen LogP) is 4.68. The van der Waals surface area contributed by atoms with Gasteiger partial charge in [0, 0.05) is 18.4 Å². The van der Waals surface area contributed by atoms with Crippen molar-refractivity contribution in [2.24, 2.45) is 5.92 Å². The molecule has 0 fully saturated rings. The van der Waals surface area contributed by atoms with Crippen LogP contribution in [0.4, 0.5) is 5.82 Å². The summed E-state index contributed by atoms with van der Waals surface area (Å²) < 4.78 is 1.92. The van der Waals surface area contributed by atoms with E-state index in [1.165, 1.54) is 5.56 Å². The van der Waals surface area contributed by atoms with Gasteiger partial charge in [-0.2, -0.15) is 5.10 Å². The quantitative estimate of drug-likeness (QED) is 0.710. The highest BCUT2D eigenvalue weighted by Crippen LogP contribution is 2.27. The van der Waals surface area contributed by atoms with Crippen LogP contribution in [0.25, 0.3) is 21.9 Å². The van der Waals surface area contributed by atoms with Gasteiger partial charge in [0.2, 0.25) is 5.91 Å². The Morgan fingerprint density at radius 1 is 1.28 bits per heavy atom. The van der Waals surface area contributed by atoms with Gasteiger partial charge in [0.1, 0.15) is 0 Å². The molecule has 0 aliphatic carbocycles. The number of aryl methyl sites for hydroxylation is 2. The van der Waals surface area contributed by atoms with E-state index < -0.39 is 0 Å². The molecule has 0 bridgehead atoms. The van der Waals surface area contributed by atoms with Crippen LogP contribution in [0.3, 0.4) is 0 Å². The molecule has 0 saturated carbocycles. The van der Waals surface area contributed by atoms with Crippen molar-refractivity contribution in [3.05, 3.63) is 29.8 Å². The van der Waals surface area contributed by atoms with Gasteiger partial charge in [0.05, 0.1) is 10.9 Å². The summed E-state index contributed by atoms with van der Waals surface area (Å²) in [4.78, 5) is 17.0. The normalized spacial score (nSPS) is 11.6. The monoisotopic (exact) mass is 338 g/mol. The zero-order valence-corrected chi connectivity index (χ0v) is 15.5. The lowest BCUT2D eigenvalue weighted by atomic mass is 10.1. The van der Waals surface area contributed by atoms with Crippen LogP contribution in [0.2, 0.25) is 0 Å². The lowest BCUT2D eigenvalue weighted by Gasteiger charge is -2.05. The molecule has 2 aromatic heterocycles. The van der Waals surface area contributed by atoms with Gasteiger partial charge in [-0.3, -0.25) is 4.79 Å². The van der Waals surface area contributed by atoms with Gasteiger partial charge >= 0.3 is 0 Å². The zero-order chi connectivity index (χ0) is 18.0. The lowest BCUT2D eigenvalue weighted by Crippen LogP contribution is -2.14. The van der Waals surface area contributed by atoms with Gasteiger partial charge in [-0.05, 0) is 37.5 Å². The van der Waals surface area contributed by atoms with Gasteiger partial charge in [-0.15, -0.1) is 0 Å². The molecule has 0 atom stereocenters. The van der Waals surface area contributed by atoms with Crippen LogP contribution in [0.1, 0.15) is 45.6 Å². The predicted molar refractivity (Wildman–Crippen MR) is 103 cm³/mol. The maximum Gasteiger partial charge on any atom is 0.225 e. The molecule has 132 valence electrons. The van der Waals surface area contributed by atoms with E-state index in [2.05, 4.69) is 42.5 Å². The van der Waals surface area contributed by atoms with E-state index in [0.29, 0.717) is 18.2 Å². The number of nitrogens with one attached hydrogen (secondary N) is 1. The Morgan fingerprint density at radius 3 is 2.80 bits per heavy atom. The third-order valence-corrected chi connectivity index (χ3v) is 4.25. The van der Waals surface area contributed by atoms with Crippen LogP contribution >= 0.6 is 0 Å². The molecular formula is C20H26N4O. The summed E-state index contributed by atoms with van der Waals surface area (Å²) in [6.45, 7) is 9.10. The molecule has 2 heterocycles. The van der Waals surface area contributed by atoms with Crippen molar-refractivity contribution in [3.8, 4) is 0 Å². The fourth-order valence-electron chi connectivity index (χ4n) is 2.99. The number of nitrogens with zero attached hydrogens (tertiary/aromatic N) is 3. The molecule has 3 rings (SSSR count). The number of benzene rings is 1. The van der Waals surface area contributed by atoms with Crippen molar-refractivity contribution >= 4 is 33.7 Å². The van der Waals surface area contributed by atoms with Gasteiger partial charge in [0.15, 0.2) is 11.5 Å². The molecule has 3 aromatic rings. The lowest BCUT2D eigenvalue weighted by molar-refractivity contribution is -0.116. The molecule has 1 aromatic carbocycles. The van der Waals surface area contributed by atoms with E-state index in [9.17, 15) is 4.79 Å². The molecule has 0 radical (unpaired) electrons. The Balaban J connectivity index is 2.09.